The first-order valence-electron chi connectivity index (χ1n) is 4.27. The Hall–Kier alpha value is -1.61. The normalized spacial score (nSPS) is 10.3. The first-order chi connectivity index (χ1) is 7.18. The molecule has 2 rings (SSSR count). The molecule has 0 fully saturated rings. The SMILES string of the molecule is Oc1cc(-c2ccncc2F)ccc1Cl. The number of halogens is 2. The van der Waals surface area contributed by atoms with Gasteiger partial charge in [0.05, 0.1) is 11.2 Å². The Balaban J connectivity index is 2.55. The van der Waals surface area contributed by atoms with Crippen LogP contribution in [0.15, 0.2) is 36.7 Å². The Morgan fingerprint density at radius 2 is 2.07 bits per heavy atom. The van der Waals surface area contributed by atoms with Crippen molar-refractivity contribution >= 4 is 11.6 Å². The van der Waals surface area contributed by atoms with E-state index in [9.17, 15) is 9.50 Å². The van der Waals surface area contributed by atoms with E-state index >= 15 is 0 Å². The summed E-state index contributed by atoms with van der Waals surface area (Å²) in [5.41, 5.74) is 0.953. The molecule has 0 saturated heterocycles. The first kappa shape index (κ1) is 9.93. The van der Waals surface area contributed by atoms with E-state index in [-0.39, 0.29) is 10.8 Å². The molecule has 0 aliphatic heterocycles. The van der Waals surface area contributed by atoms with Gasteiger partial charge in [-0.15, -0.1) is 0 Å². The number of phenols is 1. The third-order valence-corrected chi connectivity index (χ3v) is 2.35. The number of aromatic hydroxyl groups is 1. The van der Waals surface area contributed by atoms with Crippen LogP contribution in [0.4, 0.5) is 4.39 Å². The van der Waals surface area contributed by atoms with Gasteiger partial charge in [-0.2, -0.15) is 0 Å². The van der Waals surface area contributed by atoms with Gasteiger partial charge in [0.15, 0.2) is 0 Å². The lowest BCUT2D eigenvalue weighted by Gasteiger charge is -2.04. The highest BCUT2D eigenvalue weighted by Gasteiger charge is 2.06. The van der Waals surface area contributed by atoms with Gasteiger partial charge < -0.3 is 5.11 Å². The zero-order valence-corrected chi connectivity index (χ0v) is 8.37. The fraction of sp³-hybridized carbons (Fsp3) is 0. The summed E-state index contributed by atoms with van der Waals surface area (Å²) in [6, 6.07) is 6.12. The summed E-state index contributed by atoms with van der Waals surface area (Å²) < 4.78 is 13.3. The molecular formula is C11H7ClFNO. The van der Waals surface area contributed by atoms with Crippen LogP contribution >= 0.6 is 11.6 Å². The molecule has 0 spiro atoms. The van der Waals surface area contributed by atoms with E-state index in [1.165, 1.54) is 24.4 Å². The van der Waals surface area contributed by atoms with Gasteiger partial charge in [-0.05, 0) is 23.8 Å². The summed E-state index contributed by atoms with van der Waals surface area (Å²) in [7, 11) is 0. The van der Waals surface area contributed by atoms with Crippen molar-refractivity contribution in [3.63, 3.8) is 0 Å². The molecule has 15 heavy (non-hydrogen) atoms. The molecule has 1 N–H and O–H groups in total. The monoisotopic (exact) mass is 223 g/mol. The lowest BCUT2D eigenvalue weighted by Crippen LogP contribution is -1.85. The van der Waals surface area contributed by atoms with Crippen LogP contribution in [-0.2, 0) is 0 Å². The van der Waals surface area contributed by atoms with Crippen LogP contribution in [0.3, 0.4) is 0 Å². The van der Waals surface area contributed by atoms with Gasteiger partial charge in [0, 0.05) is 11.8 Å². The van der Waals surface area contributed by atoms with E-state index in [0.717, 1.165) is 6.20 Å². The zero-order valence-electron chi connectivity index (χ0n) is 7.61. The Labute approximate surface area is 91.0 Å². The standard InChI is InChI=1S/C11H7ClFNO/c12-9-2-1-7(5-11(9)15)8-3-4-14-6-10(8)13/h1-6,15H. The Bertz CT molecular complexity index is 502. The van der Waals surface area contributed by atoms with Crippen LogP contribution in [-0.4, -0.2) is 10.1 Å². The smallest absolute Gasteiger partial charge is 0.149 e. The molecule has 1 aromatic carbocycles. The summed E-state index contributed by atoms with van der Waals surface area (Å²) >= 11 is 5.65. The van der Waals surface area contributed by atoms with Gasteiger partial charge >= 0.3 is 0 Å². The van der Waals surface area contributed by atoms with Crippen molar-refractivity contribution in [2.24, 2.45) is 0 Å². The number of hydrogen-bond donors (Lipinski definition) is 1. The highest BCUT2D eigenvalue weighted by molar-refractivity contribution is 6.32. The first-order valence-corrected chi connectivity index (χ1v) is 4.64. The number of hydrogen-bond acceptors (Lipinski definition) is 2. The summed E-state index contributed by atoms with van der Waals surface area (Å²) in [4.78, 5) is 3.65. The molecule has 0 bridgehead atoms. The second-order valence-corrected chi connectivity index (χ2v) is 3.43. The minimum Gasteiger partial charge on any atom is -0.506 e. The Morgan fingerprint density at radius 1 is 1.27 bits per heavy atom. The number of benzene rings is 1. The molecule has 1 heterocycles. The van der Waals surface area contributed by atoms with Crippen molar-refractivity contribution < 1.29 is 9.50 Å². The van der Waals surface area contributed by atoms with Crippen molar-refractivity contribution in [2.45, 2.75) is 0 Å². The quantitative estimate of drug-likeness (QED) is 0.805. The van der Waals surface area contributed by atoms with Crippen molar-refractivity contribution in [3.05, 3.63) is 47.5 Å². The molecule has 0 radical (unpaired) electrons. The Morgan fingerprint density at radius 3 is 2.73 bits per heavy atom. The molecule has 0 aliphatic carbocycles. The van der Waals surface area contributed by atoms with Crippen LogP contribution in [0.1, 0.15) is 0 Å². The minimum atomic E-state index is -0.431. The third kappa shape index (κ3) is 1.92. The van der Waals surface area contributed by atoms with Gasteiger partial charge in [0.25, 0.3) is 0 Å². The number of phenolic OH excluding ortho intramolecular Hbond substituents is 1. The maximum absolute atomic E-state index is 13.3. The molecule has 1 aromatic heterocycles. The molecule has 0 aliphatic rings. The maximum Gasteiger partial charge on any atom is 0.149 e. The summed E-state index contributed by atoms with van der Waals surface area (Å²) in [5.74, 6) is -0.496. The van der Waals surface area contributed by atoms with Gasteiger partial charge in [-0.1, -0.05) is 17.7 Å². The highest BCUT2D eigenvalue weighted by atomic mass is 35.5. The van der Waals surface area contributed by atoms with E-state index in [1.54, 1.807) is 6.07 Å². The lowest BCUT2D eigenvalue weighted by molar-refractivity contribution is 0.476. The van der Waals surface area contributed by atoms with Crippen LogP contribution < -0.4 is 0 Å². The predicted octanol–water partition coefficient (Wildman–Crippen LogP) is 3.25. The average Bonchev–Trinajstić information content (AvgIpc) is 2.23. The van der Waals surface area contributed by atoms with Gasteiger partial charge in [-0.25, -0.2) is 4.39 Å². The van der Waals surface area contributed by atoms with E-state index in [1.807, 2.05) is 0 Å². The van der Waals surface area contributed by atoms with E-state index in [0.29, 0.717) is 11.1 Å². The van der Waals surface area contributed by atoms with E-state index in [2.05, 4.69) is 4.98 Å². The van der Waals surface area contributed by atoms with E-state index in [4.69, 9.17) is 11.6 Å². The fourth-order valence-corrected chi connectivity index (χ4v) is 1.41. The molecule has 76 valence electrons. The Kier molecular flexibility index (Phi) is 2.56. The topological polar surface area (TPSA) is 33.1 Å². The van der Waals surface area contributed by atoms with Gasteiger partial charge in [0.1, 0.15) is 11.6 Å². The van der Waals surface area contributed by atoms with Crippen molar-refractivity contribution in [1.82, 2.24) is 4.98 Å². The molecule has 4 heteroatoms. The van der Waals surface area contributed by atoms with E-state index < -0.39 is 5.82 Å². The second-order valence-electron chi connectivity index (χ2n) is 3.02. The largest absolute Gasteiger partial charge is 0.506 e. The number of aromatic nitrogens is 1. The molecule has 2 nitrogen and oxygen atoms in total. The number of pyridine rings is 1. The second kappa shape index (κ2) is 3.87. The number of rotatable bonds is 1. The van der Waals surface area contributed by atoms with Crippen molar-refractivity contribution in [2.75, 3.05) is 0 Å². The highest BCUT2D eigenvalue weighted by Crippen LogP contribution is 2.30. The number of nitrogens with zero attached hydrogens (tertiary/aromatic N) is 1. The summed E-state index contributed by atoms with van der Waals surface area (Å²) in [6.45, 7) is 0. The summed E-state index contributed by atoms with van der Waals surface area (Å²) in [6.07, 6.45) is 2.62. The lowest BCUT2D eigenvalue weighted by atomic mass is 10.1. The maximum atomic E-state index is 13.3. The molecule has 2 aromatic rings. The molecule has 0 unspecified atom stereocenters. The van der Waals surface area contributed by atoms with Crippen LogP contribution in [0.2, 0.25) is 5.02 Å². The third-order valence-electron chi connectivity index (χ3n) is 2.03. The van der Waals surface area contributed by atoms with Gasteiger partial charge in [0.2, 0.25) is 0 Å². The zero-order chi connectivity index (χ0) is 10.8. The molecule has 0 amide bonds. The van der Waals surface area contributed by atoms with Crippen molar-refractivity contribution in [3.8, 4) is 16.9 Å². The van der Waals surface area contributed by atoms with Crippen LogP contribution in [0.5, 0.6) is 5.75 Å². The average molecular weight is 224 g/mol. The van der Waals surface area contributed by atoms with Crippen molar-refractivity contribution in [1.29, 1.82) is 0 Å². The van der Waals surface area contributed by atoms with Crippen LogP contribution in [0, 0.1) is 5.82 Å². The molecule has 0 atom stereocenters. The molecular weight excluding hydrogens is 217 g/mol. The fourth-order valence-electron chi connectivity index (χ4n) is 1.29. The van der Waals surface area contributed by atoms with Gasteiger partial charge in [-0.3, -0.25) is 4.98 Å². The minimum absolute atomic E-state index is 0.0645. The molecule has 0 saturated carbocycles. The summed E-state index contributed by atoms with van der Waals surface area (Å²) in [5, 5.41) is 9.63. The predicted molar refractivity (Wildman–Crippen MR) is 56.3 cm³/mol. The van der Waals surface area contributed by atoms with Crippen LogP contribution in [0.25, 0.3) is 11.1 Å².